The molecule has 0 unspecified atom stereocenters. The Morgan fingerprint density at radius 3 is 1.84 bits per heavy atom. The fraction of sp³-hybridized carbons (Fsp3) is 0.176. The van der Waals surface area contributed by atoms with E-state index in [0.29, 0.717) is 30.8 Å². The van der Waals surface area contributed by atoms with Gasteiger partial charge in [0.15, 0.2) is 0 Å². The van der Waals surface area contributed by atoms with E-state index in [1.54, 1.807) is 22.7 Å². The molecule has 1 N–H and O–H groups in total. The molecule has 1 aliphatic rings. The summed E-state index contributed by atoms with van der Waals surface area (Å²) in [7, 11) is 0. The van der Waals surface area contributed by atoms with Crippen LogP contribution in [0.5, 0.6) is 0 Å². The summed E-state index contributed by atoms with van der Waals surface area (Å²) in [6.45, 7) is 4.02. The molecule has 0 spiro atoms. The maximum absolute atomic E-state index is 13.7. The van der Waals surface area contributed by atoms with E-state index in [9.17, 15) is 9.59 Å². The number of nitrogens with one attached hydrogen (secondary N) is 1. The molecule has 7 rings (SSSR count). The van der Waals surface area contributed by atoms with Crippen molar-refractivity contribution in [1.29, 1.82) is 0 Å². The van der Waals surface area contributed by atoms with E-state index in [1.165, 1.54) is 0 Å². The molecular weight excluding hydrogens is 575 g/mol. The van der Waals surface area contributed by atoms with Crippen molar-refractivity contribution >= 4 is 56.3 Å². The van der Waals surface area contributed by atoms with Crippen molar-refractivity contribution in [1.82, 2.24) is 25.1 Å². The Labute approximate surface area is 257 Å². The third kappa shape index (κ3) is 5.67. The van der Waals surface area contributed by atoms with E-state index >= 15 is 0 Å². The van der Waals surface area contributed by atoms with E-state index < -0.39 is 0 Å². The standard InChI is InChI=1S/C34H29N5O2S2/c40-33(25-21-29(31-11-5-19-42-31)36-27-9-3-1-7-23(25)27)35-13-14-38-15-17-39(18-16-38)34(41)26-22-30(32-12-6-20-43-32)37-28-10-4-2-8-24(26)28/h1-12,19-22H,13-18H2,(H,35,40). The highest BCUT2D eigenvalue weighted by atomic mass is 32.1. The average molecular weight is 604 g/mol. The third-order valence-electron chi connectivity index (χ3n) is 7.83. The van der Waals surface area contributed by atoms with Gasteiger partial charge in [-0.2, -0.15) is 0 Å². The molecule has 5 heterocycles. The molecule has 4 aromatic heterocycles. The highest BCUT2D eigenvalue weighted by Crippen LogP contribution is 2.30. The molecule has 1 aliphatic heterocycles. The van der Waals surface area contributed by atoms with Gasteiger partial charge in [0.1, 0.15) is 0 Å². The monoisotopic (exact) mass is 603 g/mol. The number of rotatable bonds is 7. The fourth-order valence-corrected chi connectivity index (χ4v) is 6.96. The summed E-state index contributed by atoms with van der Waals surface area (Å²) in [5.74, 6) is -0.0631. The number of thiophene rings is 2. The summed E-state index contributed by atoms with van der Waals surface area (Å²) in [5, 5.41) is 8.88. The smallest absolute Gasteiger partial charge is 0.254 e. The molecule has 6 aromatic rings. The van der Waals surface area contributed by atoms with Crippen molar-refractivity contribution in [2.24, 2.45) is 0 Å². The number of aromatic nitrogens is 2. The molecule has 1 fully saturated rings. The zero-order chi connectivity index (χ0) is 29.2. The van der Waals surface area contributed by atoms with Crippen molar-refractivity contribution in [3.63, 3.8) is 0 Å². The van der Waals surface area contributed by atoms with Crippen LogP contribution < -0.4 is 5.32 Å². The Morgan fingerprint density at radius 1 is 0.698 bits per heavy atom. The zero-order valence-corrected chi connectivity index (χ0v) is 25.0. The van der Waals surface area contributed by atoms with E-state index in [1.807, 2.05) is 101 Å². The SMILES string of the molecule is O=C(NCCN1CCN(C(=O)c2cc(-c3cccs3)nc3ccccc23)CC1)c1cc(-c2cccs2)nc2ccccc12. The molecule has 0 bridgehead atoms. The summed E-state index contributed by atoms with van der Waals surface area (Å²) in [6, 6.07) is 27.5. The molecule has 0 saturated carbocycles. The van der Waals surface area contributed by atoms with Gasteiger partial charge in [0, 0.05) is 50.0 Å². The first kappa shape index (κ1) is 27.4. The first-order valence-electron chi connectivity index (χ1n) is 14.3. The fourth-order valence-electron chi connectivity index (χ4n) is 5.58. The van der Waals surface area contributed by atoms with Crippen LogP contribution in [0, 0.1) is 0 Å². The quantitative estimate of drug-likeness (QED) is 0.228. The number of para-hydroxylation sites is 2. The van der Waals surface area contributed by atoms with E-state index in [0.717, 1.165) is 62.6 Å². The molecule has 2 amide bonds. The number of amides is 2. The summed E-state index contributed by atoms with van der Waals surface area (Å²) in [4.78, 5) is 43.0. The second-order valence-electron chi connectivity index (χ2n) is 10.5. The third-order valence-corrected chi connectivity index (χ3v) is 9.61. The van der Waals surface area contributed by atoms with E-state index in [2.05, 4.69) is 10.2 Å². The lowest BCUT2D eigenvalue weighted by atomic mass is 10.1. The van der Waals surface area contributed by atoms with Gasteiger partial charge in [-0.15, -0.1) is 22.7 Å². The molecule has 2 aromatic carbocycles. The van der Waals surface area contributed by atoms with Crippen molar-refractivity contribution in [3.05, 3.63) is 107 Å². The van der Waals surface area contributed by atoms with Crippen molar-refractivity contribution in [2.45, 2.75) is 0 Å². The van der Waals surface area contributed by atoms with Crippen LogP contribution in [-0.4, -0.2) is 70.9 Å². The van der Waals surface area contributed by atoms with Crippen LogP contribution in [0.2, 0.25) is 0 Å². The average Bonchev–Trinajstić information content (AvgIpc) is 3.79. The van der Waals surface area contributed by atoms with Crippen LogP contribution >= 0.6 is 22.7 Å². The highest BCUT2D eigenvalue weighted by molar-refractivity contribution is 7.13. The molecule has 214 valence electrons. The first-order chi connectivity index (χ1) is 21.1. The van der Waals surface area contributed by atoms with Gasteiger partial charge in [-0.3, -0.25) is 14.5 Å². The highest BCUT2D eigenvalue weighted by Gasteiger charge is 2.24. The minimum atomic E-state index is -0.101. The van der Waals surface area contributed by atoms with Crippen LogP contribution in [0.1, 0.15) is 20.7 Å². The lowest BCUT2D eigenvalue weighted by Crippen LogP contribution is -2.50. The molecule has 0 aliphatic carbocycles. The Bertz CT molecular complexity index is 1910. The van der Waals surface area contributed by atoms with Crippen LogP contribution in [0.3, 0.4) is 0 Å². The van der Waals surface area contributed by atoms with Gasteiger partial charge >= 0.3 is 0 Å². The predicted molar refractivity (Wildman–Crippen MR) is 175 cm³/mol. The predicted octanol–water partition coefficient (Wildman–Crippen LogP) is 6.43. The number of nitrogens with zero attached hydrogens (tertiary/aromatic N) is 4. The Kier molecular flexibility index (Phi) is 7.67. The molecule has 43 heavy (non-hydrogen) atoms. The van der Waals surface area contributed by atoms with Crippen LogP contribution in [0.4, 0.5) is 0 Å². The van der Waals surface area contributed by atoms with Gasteiger partial charge in [-0.05, 0) is 47.2 Å². The number of pyridine rings is 2. The number of benzene rings is 2. The summed E-state index contributed by atoms with van der Waals surface area (Å²) in [5.41, 5.74) is 4.61. The summed E-state index contributed by atoms with van der Waals surface area (Å²) >= 11 is 3.23. The molecule has 1 saturated heterocycles. The lowest BCUT2D eigenvalue weighted by molar-refractivity contribution is 0.0640. The van der Waals surface area contributed by atoms with Crippen LogP contribution in [0.15, 0.2) is 95.7 Å². The Balaban J connectivity index is 0.994. The van der Waals surface area contributed by atoms with E-state index in [4.69, 9.17) is 9.97 Å². The van der Waals surface area contributed by atoms with Gasteiger partial charge in [-0.1, -0.05) is 48.5 Å². The van der Waals surface area contributed by atoms with Crippen molar-refractivity contribution < 1.29 is 9.59 Å². The topological polar surface area (TPSA) is 78.4 Å². The lowest BCUT2D eigenvalue weighted by Gasteiger charge is -2.35. The maximum atomic E-state index is 13.7. The number of hydrogen-bond donors (Lipinski definition) is 1. The Hall–Kier alpha value is -4.44. The molecule has 7 nitrogen and oxygen atoms in total. The van der Waals surface area contributed by atoms with Gasteiger partial charge in [0.25, 0.3) is 11.8 Å². The minimum absolute atomic E-state index is 0.0375. The van der Waals surface area contributed by atoms with Gasteiger partial charge < -0.3 is 10.2 Å². The summed E-state index contributed by atoms with van der Waals surface area (Å²) < 4.78 is 0. The molecular formula is C34H29N5O2S2. The zero-order valence-electron chi connectivity index (χ0n) is 23.4. The second kappa shape index (κ2) is 12.0. The second-order valence-corrected chi connectivity index (χ2v) is 12.4. The van der Waals surface area contributed by atoms with Gasteiger partial charge in [0.05, 0.1) is 43.3 Å². The van der Waals surface area contributed by atoms with Crippen molar-refractivity contribution in [2.75, 3.05) is 39.3 Å². The van der Waals surface area contributed by atoms with Gasteiger partial charge in [0.2, 0.25) is 0 Å². The van der Waals surface area contributed by atoms with Crippen LogP contribution in [0.25, 0.3) is 42.9 Å². The summed E-state index contributed by atoms with van der Waals surface area (Å²) in [6.07, 6.45) is 0. The number of fused-ring (bicyclic) bond motifs is 2. The molecule has 0 radical (unpaired) electrons. The number of hydrogen-bond acceptors (Lipinski definition) is 7. The molecule has 9 heteroatoms. The number of carbonyl (C=O) groups excluding carboxylic acids is 2. The van der Waals surface area contributed by atoms with E-state index in [-0.39, 0.29) is 11.8 Å². The van der Waals surface area contributed by atoms with Crippen molar-refractivity contribution in [3.8, 4) is 21.1 Å². The number of piperazine rings is 1. The maximum Gasteiger partial charge on any atom is 0.254 e. The first-order valence-corrected chi connectivity index (χ1v) is 16.1. The largest absolute Gasteiger partial charge is 0.351 e. The van der Waals surface area contributed by atoms with Crippen LogP contribution in [-0.2, 0) is 0 Å². The van der Waals surface area contributed by atoms with Gasteiger partial charge in [-0.25, -0.2) is 9.97 Å². The Morgan fingerprint density at radius 2 is 1.26 bits per heavy atom. The molecule has 0 atom stereocenters. The minimum Gasteiger partial charge on any atom is -0.351 e. The number of carbonyl (C=O) groups is 2. The normalized spacial score (nSPS) is 13.9.